The van der Waals surface area contributed by atoms with Gasteiger partial charge in [-0.05, 0) is 30.2 Å². The topological polar surface area (TPSA) is 21.6 Å². The Morgan fingerprint density at radius 1 is 1.38 bits per heavy atom. The van der Waals surface area contributed by atoms with Gasteiger partial charge in [0.05, 0.1) is 0 Å². The van der Waals surface area contributed by atoms with Crippen molar-refractivity contribution in [1.82, 2.24) is 0 Å². The molecule has 0 amide bonds. The van der Waals surface area contributed by atoms with Crippen molar-refractivity contribution in [3.63, 3.8) is 0 Å². The van der Waals surface area contributed by atoms with Gasteiger partial charge >= 0.3 is 0 Å². The molecule has 1 aliphatic heterocycles. The molecule has 1 heterocycles. The van der Waals surface area contributed by atoms with Gasteiger partial charge in [0.25, 0.3) is 0 Å². The minimum atomic E-state index is 0.397. The number of ether oxygens (including phenoxy) is 1. The van der Waals surface area contributed by atoms with Gasteiger partial charge in [-0.1, -0.05) is 18.2 Å². The maximum Gasteiger partial charge on any atom is 0.179 e. The van der Waals surface area contributed by atoms with Crippen LogP contribution in [-0.4, -0.2) is 12.9 Å². The number of allylic oxidation sites excluding steroid dienone is 1. The highest BCUT2D eigenvalue weighted by Gasteiger charge is 2.02. The zero-order valence-corrected chi connectivity index (χ0v) is 7.53. The highest BCUT2D eigenvalue weighted by Crippen LogP contribution is 2.22. The van der Waals surface area contributed by atoms with Gasteiger partial charge in [-0.2, -0.15) is 0 Å². The number of hydrogen-bond donors (Lipinski definition) is 0. The molecule has 1 aromatic carbocycles. The number of nitrogens with zero attached hydrogens (tertiary/aromatic N) is 1. The Labute approximate surface area is 77.6 Å². The number of hydrogen-bond acceptors (Lipinski definition) is 2. The zero-order chi connectivity index (χ0) is 9.10. The third-order valence-electron chi connectivity index (χ3n) is 2.09. The Kier molecular flexibility index (Phi) is 2.13. The standard InChI is InChI=1S/C11H11NO/c1-9-10-4-2-6-11(9)13-8-12-7-3-5-10/h2-7H,8H2,1H3/b5-3-,12-7+. The van der Waals surface area contributed by atoms with Crippen molar-refractivity contribution in [3.8, 4) is 5.75 Å². The van der Waals surface area contributed by atoms with E-state index in [-0.39, 0.29) is 0 Å². The Hall–Kier alpha value is -1.57. The van der Waals surface area contributed by atoms with Crippen LogP contribution in [0.3, 0.4) is 0 Å². The molecule has 0 spiro atoms. The highest BCUT2D eigenvalue weighted by atomic mass is 16.5. The monoisotopic (exact) mass is 173 g/mol. The van der Waals surface area contributed by atoms with Crippen LogP contribution in [0.1, 0.15) is 11.1 Å². The molecule has 1 aliphatic rings. The molecule has 0 N–H and O–H groups in total. The lowest BCUT2D eigenvalue weighted by molar-refractivity contribution is 0.330. The fraction of sp³-hybridized carbons (Fsp3) is 0.182. The maximum atomic E-state index is 5.46. The molecule has 0 unspecified atom stereocenters. The summed E-state index contributed by atoms with van der Waals surface area (Å²) in [7, 11) is 0. The van der Waals surface area contributed by atoms with Crippen molar-refractivity contribution < 1.29 is 4.74 Å². The van der Waals surface area contributed by atoms with Gasteiger partial charge in [-0.3, -0.25) is 4.99 Å². The Morgan fingerprint density at radius 2 is 2.31 bits per heavy atom. The molecular weight excluding hydrogens is 162 g/mol. The number of rotatable bonds is 0. The van der Waals surface area contributed by atoms with E-state index < -0.39 is 0 Å². The largest absolute Gasteiger partial charge is 0.471 e. The van der Waals surface area contributed by atoms with Crippen molar-refractivity contribution in [1.29, 1.82) is 0 Å². The Morgan fingerprint density at radius 3 is 3.23 bits per heavy atom. The molecule has 0 aromatic heterocycles. The lowest BCUT2D eigenvalue weighted by Gasteiger charge is -2.07. The first-order valence-electron chi connectivity index (χ1n) is 4.27. The quantitative estimate of drug-likeness (QED) is 0.590. The van der Waals surface area contributed by atoms with E-state index in [4.69, 9.17) is 4.74 Å². The molecule has 0 aliphatic carbocycles. The predicted molar refractivity (Wildman–Crippen MR) is 54.2 cm³/mol. The maximum absolute atomic E-state index is 5.46. The molecule has 2 bridgehead atoms. The van der Waals surface area contributed by atoms with Crippen molar-refractivity contribution in [2.45, 2.75) is 6.92 Å². The third-order valence-corrected chi connectivity index (χ3v) is 2.09. The van der Waals surface area contributed by atoms with Gasteiger partial charge in [-0.15, -0.1) is 0 Å². The van der Waals surface area contributed by atoms with Crippen molar-refractivity contribution in [3.05, 3.63) is 35.4 Å². The van der Waals surface area contributed by atoms with Crippen LogP contribution < -0.4 is 4.74 Å². The summed E-state index contributed by atoms with van der Waals surface area (Å²) in [5.41, 5.74) is 2.36. The molecular formula is C11H11NO. The first-order valence-corrected chi connectivity index (χ1v) is 4.27. The predicted octanol–water partition coefficient (Wildman–Crippen LogP) is 2.43. The van der Waals surface area contributed by atoms with Crippen LogP contribution in [-0.2, 0) is 0 Å². The second kappa shape index (κ2) is 3.44. The van der Waals surface area contributed by atoms with Crippen LogP contribution in [0, 0.1) is 6.92 Å². The second-order valence-corrected chi connectivity index (χ2v) is 2.93. The molecule has 2 heteroatoms. The van der Waals surface area contributed by atoms with Gasteiger partial charge in [0.2, 0.25) is 0 Å². The summed E-state index contributed by atoms with van der Waals surface area (Å²) < 4.78 is 5.46. The van der Waals surface area contributed by atoms with Crippen molar-refractivity contribution in [2.24, 2.45) is 4.99 Å². The van der Waals surface area contributed by atoms with Gasteiger partial charge in [0.15, 0.2) is 6.73 Å². The molecule has 2 rings (SSSR count). The third kappa shape index (κ3) is 1.61. The van der Waals surface area contributed by atoms with E-state index in [1.807, 2.05) is 24.3 Å². The van der Waals surface area contributed by atoms with E-state index in [1.165, 1.54) is 11.1 Å². The summed E-state index contributed by atoms with van der Waals surface area (Å²) in [6.45, 7) is 2.45. The number of aliphatic imine (C=N–C) groups is 1. The molecule has 0 fully saturated rings. The normalized spacial score (nSPS) is 19.2. The van der Waals surface area contributed by atoms with Crippen LogP contribution in [0.25, 0.3) is 6.08 Å². The van der Waals surface area contributed by atoms with E-state index >= 15 is 0 Å². The van der Waals surface area contributed by atoms with Crippen molar-refractivity contribution >= 4 is 12.3 Å². The SMILES string of the molecule is Cc1c2cccc1OC/N=C/C=C\2. The summed E-state index contributed by atoms with van der Waals surface area (Å²) >= 11 is 0. The van der Waals surface area contributed by atoms with Gasteiger partial charge < -0.3 is 4.74 Å². The minimum Gasteiger partial charge on any atom is -0.471 e. The van der Waals surface area contributed by atoms with Gasteiger partial charge in [-0.25, -0.2) is 0 Å². The molecule has 13 heavy (non-hydrogen) atoms. The second-order valence-electron chi connectivity index (χ2n) is 2.93. The lowest BCUT2D eigenvalue weighted by Crippen LogP contribution is -1.95. The van der Waals surface area contributed by atoms with Crippen LogP contribution in [0.4, 0.5) is 0 Å². The summed E-state index contributed by atoms with van der Waals surface area (Å²) in [6, 6.07) is 6.03. The Balaban J connectivity index is 2.51. The molecule has 0 saturated carbocycles. The minimum absolute atomic E-state index is 0.397. The van der Waals surface area contributed by atoms with Crippen LogP contribution in [0.2, 0.25) is 0 Å². The summed E-state index contributed by atoms with van der Waals surface area (Å²) in [5, 5.41) is 0. The molecule has 0 atom stereocenters. The smallest absolute Gasteiger partial charge is 0.179 e. The zero-order valence-electron chi connectivity index (χ0n) is 7.53. The van der Waals surface area contributed by atoms with Crippen LogP contribution >= 0.6 is 0 Å². The average Bonchev–Trinajstić information content (AvgIpc) is 2.21. The summed E-state index contributed by atoms with van der Waals surface area (Å²) in [5.74, 6) is 0.918. The Bertz CT molecular complexity index is 366. The molecule has 0 radical (unpaired) electrons. The fourth-order valence-electron chi connectivity index (χ4n) is 1.33. The number of fused-ring (bicyclic) bond motifs is 2. The molecule has 66 valence electrons. The van der Waals surface area contributed by atoms with Crippen LogP contribution in [0.15, 0.2) is 29.3 Å². The van der Waals surface area contributed by atoms with Gasteiger partial charge in [0.1, 0.15) is 5.75 Å². The summed E-state index contributed by atoms with van der Waals surface area (Å²) in [4.78, 5) is 4.06. The van der Waals surface area contributed by atoms with Crippen LogP contribution in [0.5, 0.6) is 5.75 Å². The van der Waals surface area contributed by atoms with E-state index in [1.54, 1.807) is 6.21 Å². The molecule has 0 saturated heterocycles. The highest BCUT2D eigenvalue weighted by molar-refractivity contribution is 5.79. The first-order chi connectivity index (χ1) is 6.38. The van der Waals surface area contributed by atoms with E-state index in [0.717, 1.165) is 5.75 Å². The van der Waals surface area contributed by atoms with E-state index in [2.05, 4.69) is 18.0 Å². The summed E-state index contributed by atoms with van der Waals surface area (Å²) in [6.07, 6.45) is 5.73. The first kappa shape index (κ1) is 8.05. The molecule has 2 nitrogen and oxygen atoms in total. The number of benzene rings is 1. The lowest BCUT2D eigenvalue weighted by atomic mass is 10.1. The average molecular weight is 173 g/mol. The van der Waals surface area contributed by atoms with Gasteiger partial charge in [0, 0.05) is 6.21 Å². The molecule has 1 aromatic rings. The van der Waals surface area contributed by atoms with Crippen molar-refractivity contribution in [2.75, 3.05) is 6.73 Å². The van der Waals surface area contributed by atoms with E-state index in [0.29, 0.717) is 6.73 Å². The van der Waals surface area contributed by atoms with E-state index in [9.17, 15) is 0 Å². The fourth-order valence-corrected chi connectivity index (χ4v) is 1.33.